The zero-order valence-corrected chi connectivity index (χ0v) is 15.3. The fourth-order valence-electron chi connectivity index (χ4n) is 2.73. The van der Waals surface area contributed by atoms with Gasteiger partial charge in [-0.3, -0.25) is 4.79 Å². The van der Waals surface area contributed by atoms with Crippen molar-refractivity contribution in [1.82, 2.24) is 14.5 Å². The number of nitriles is 1. The smallest absolute Gasteiger partial charge is 0.250 e. The summed E-state index contributed by atoms with van der Waals surface area (Å²) >= 11 is 0. The first-order valence-corrected chi connectivity index (χ1v) is 8.39. The van der Waals surface area contributed by atoms with Gasteiger partial charge < -0.3 is 15.0 Å². The van der Waals surface area contributed by atoms with Crippen LogP contribution >= 0.6 is 0 Å². The van der Waals surface area contributed by atoms with E-state index in [1.807, 2.05) is 44.2 Å². The molecule has 27 heavy (non-hydrogen) atoms. The molecule has 0 bridgehead atoms. The Labute approximate surface area is 156 Å². The van der Waals surface area contributed by atoms with E-state index in [0.29, 0.717) is 22.7 Å². The Hall–Kier alpha value is -3.66. The minimum Gasteiger partial charge on any atom is -0.497 e. The van der Waals surface area contributed by atoms with Crippen molar-refractivity contribution in [3.05, 3.63) is 58.6 Å². The molecule has 0 atom stereocenters. The lowest BCUT2D eigenvalue weighted by molar-refractivity contribution is 0.415. The molecule has 0 radical (unpaired) electrons. The number of hydrogen-bond donors (Lipinski definition) is 1. The number of nitrogens with zero attached hydrogens (tertiary/aromatic N) is 4. The molecule has 2 N–H and O–H groups in total. The Balaban J connectivity index is 2.26. The molecule has 136 valence electrons. The molecular weight excluding hydrogens is 342 g/mol. The summed E-state index contributed by atoms with van der Waals surface area (Å²) in [6, 6.07) is 12.4. The molecule has 0 saturated heterocycles. The van der Waals surface area contributed by atoms with Crippen LogP contribution in [-0.4, -0.2) is 21.6 Å². The molecule has 3 rings (SSSR count). The van der Waals surface area contributed by atoms with E-state index in [1.165, 1.54) is 6.07 Å². The lowest BCUT2D eigenvalue weighted by atomic mass is 10.0. The van der Waals surface area contributed by atoms with Crippen molar-refractivity contribution in [3.63, 3.8) is 0 Å². The molecule has 0 aliphatic heterocycles. The Kier molecular flexibility index (Phi) is 4.90. The highest BCUT2D eigenvalue weighted by Crippen LogP contribution is 2.31. The van der Waals surface area contributed by atoms with Crippen molar-refractivity contribution in [1.29, 1.82) is 5.26 Å². The van der Waals surface area contributed by atoms with E-state index in [2.05, 4.69) is 9.97 Å². The summed E-state index contributed by atoms with van der Waals surface area (Å²) in [4.78, 5) is 20.9. The molecule has 0 unspecified atom stereocenters. The van der Waals surface area contributed by atoms with Crippen molar-refractivity contribution in [2.75, 3.05) is 12.8 Å². The molecule has 0 aliphatic rings. The Morgan fingerprint density at radius 1 is 1.07 bits per heavy atom. The van der Waals surface area contributed by atoms with Gasteiger partial charge in [-0.25, -0.2) is 9.97 Å². The van der Waals surface area contributed by atoms with Crippen LogP contribution in [0.25, 0.3) is 22.5 Å². The van der Waals surface area contributed by atoms with E-state index in [4.69, 9.17) is 10.5 Å². The average Bonchev–Trinajstić information content (AvgIpc) is 2.68. The maximum absolute atomic E-state index is 12.1. The fraction of sp³-hybridized carbons (Fsp3) is 0.200. The zero-order chi connectivity index (χ0) is 19.6. The molecule has 1 aromatic carbocycles. The standard InChI is InChI=1S/C20H19N5O2/c1-12(2)25-11-14(6-9-17(25)26)19-18(24-20(22)16(10-21)23-19)13-4-7-15(27-3)8-5-13/h4-9,11-12H,1-3H3,(H2,22,24). The van der Waals surface area contributed by atoms with Gasteiger partial charge in [0.2, 0.25) is 0 Å². The number of nitrogen functional groups attached to an aromatic ring is 1. The van der Waals surface area contributed by atoms with Crippen LogP contribution < -0.4 is 16.0 Å². The van der Waals surface area contributed by atoms with Crippen molar-refractivity contribution < 1.29 is 4.74 Å². The summed E-state index contributed by atoms with van der Waals surface area (Å²) < 4.78 is 6.80. The van der Waals surface area contributed by atoms with Crippen molar-refractivity contribution in [3.8, 4) is 34.3 Å². The van der Waals surface area contributed by atoms with E-state index in [-0.39, 0.29) is 23.1 Å². The van der Waals surface area contributed by atoms with E-state index >= 15 is 0 Å². The third-order valence-electron chi connectivity index (χ3n) is 4.16. The number of pyridine rings is 1. The highest BCUT2D eigenvalue weighted by Gasteiger charge is 2.17. The third kappa shape index (κ3) is 3.51. The van der Waals surface area contributed by atoms with E-state index in [9.17, 15) is 10.1 Å². The van der Waals surface area contributed by atoms with Crippen LogP contribution in [0.15, 0.2) is 47.4 Å². The van der Waals surface area contributed by atoms with Crippen LogP contribution in [0.2, 0.25) is 0 Å². The van der Waals surface area contributed by atoms with E-state index in [1.54, 1.807) is 23.9 Å². The number of anilines is 1. The van der Waals surface area contributed by atoms with Crippen molar-refractivity contribution in [2.45, 2.75) is 19.9 Å². The van der Waals surface area contributed by atoms with Gasteiger partial charge in [-0.1, -0.05) is 0 Å². The maximum atomic E-state index is 12.1. The minimum atomic E-state index is -0.108. The van der Waals surface area contributed by atoms with Gasteiger partial charge in [0, 0.05) is 29.4 Å². The second-order valence-electron chi connectivity index (χ2n) is 6.25. The van der Waals surface area contributed by atoms with Crippen LogP contribution in [0.5, 0.6) is 5.75 Å². The second kappa shape index (κ2) is 7.30. The second-order valence-corrected chi connectivity index (χ2v) is 6.25. The van der Waals surface area contributed by atoms with Gasteiger partial charge in [0.1, 0.15) is 11.8 Å². The summed E-state index contributed by atoms with van der Waals surface area (Å²) in [6.07, 6.45) is 1.72. The fourth-order valence-corrected chi connectivity index (χ4v) is 2.73. The maximum Gasteiger partial charge on any atom is 0.250 e. The monoisotopic (exact) mass is 361 g/mol. The average molecular weight is 361 g/mol. The van der Waals surface area contributed by atoms with Crippen LogP contribution in [0, 0.1) is 11.3 Å². The van der Waals surface area contributed by atoms with Gasteiger partial charge in [0.25, 0.3) is 5.56 Å². The van der Waals surface area contributed by atoms with Gasteiger partial charge in [-0.05, 0) is 44.2 Å². The van der Waals surface area contributed by atoms with Gasteiger partial charge in [-0.15, -0.1) is 0 Å². The number of methoxy groups -OCH3 is 1. The first-order chi connectivity index (χ1) is 12.9. The third-order valence-corrected chi connectivity index (χ3v) is 4.16. The number of nitrogens with two attached hydrogens (primary N) is 1. The first-order valence-electron chi connectivity index (χ1n) is 8.39. The highest BCUT2D eigenvalue weighted by molar-refractivity contribution is 5.79. The highest BCUT2D eigenvalue weighted by atomic mass is 16.5. The van der Waals surface area contributed by atoms with Gasteiger partial charge >= 0.3 is 0 Å². The molecule has 2 aromatic heterocycles. The predicted molar refractivity (Wildman–Crippen MR) is 103 cm³/mol. The number of benzene rings is 1. The summed E-state index contributed by atoms with van der Waals surface area (Å²) in [5.41, 5.74) is 8.31. The van der Waals surface area contributed by atoms with Crippen LogP contribution in [0.4, 0.5) is 5.82 Å². The lowest BCUT2D eigenvalue weighted by Gasteiger charge is -2.14. The van der Waals surface area contributed by atoms with E-state index < -0.39 is 0 Å². The number of aromatic nitrogens is 3. The lowest BCUT2D eigenvalue weighted by Crippen LogP contribution is -2.20. The quantitative estimate of drug-likeness (QED) is 0.765. The molecule has 2 heterocycles. The van der Waals surface area contributed by atoms with Crippen LogP contribution in [0.1, 0.15) is 25.6 Å². The van der Waals surface area contributed by atoms with Crippen molar-refractivity contribution >= 4 is 5.82 Å². The normalized spacial score (nSPS) is 10.6. The van der Waals surface area contributed by atoms with Crippen LogP contribution in [-0.2, 0) is 0 Å². The SMILES string of the molecule is COc1ccc(-c2nc(N)c(C#N)nc2-c2ccc(=O)n(C(C)C)c2)cc1. The Morgan fingerprint density at radius 2 is 1.70 bits per heavy atom. The summed E-state index contributed by atoms with van der Waals surface area (Å²) in [7, 11) is 1.59. The number of ether oxygens (including phenoxy) is 1. The Morgan fingerprint density at radius 3 is 2.30 bits per heavy atom. The van der Waals surface area contributed by atoms with Crippen molar-refractivity contribution in [2.24, 2.45) is 0 Å². The Bertz CT molecular complexity index is 1080. The largest absolute Gasteiger partial charge is 0.497 e. The number of hydrogen-bond acceptors (Lipinski definition) is 6. The van der Waals surface area contributed by atoms with Crippen LogP contribution in [0.3, 0.4) is 0 Å². The summed E-state index contributed by atoms with van der Waals surface area (Å²) in [6.45, 7) is 3.84. The molecule has 0 amide bonds. The number of rotatable bonds is 4. The summed E-state index contributed by atoms with van der Waals surface area (Å²) in [5.74, 6) is 0.771. The first kappa shape index (κ1) is 18.1. The van der Waals surface area contributed by atoms with Gasteiger partial charge in [0.05, 0.1) is 18.5 Å². The molecule has 0 spiro atoms. The predicted octanol–water partition coefficient (Wildman–Crippen LogP) is 3.02. The zero-order valence-electron chi connectivity index (χ0n) is 15.3. The topological polar surface area (TPSA) is 107 Å². The molecule has 7 heteroatoms. The summed E-state index contributed by atoms with van der Waals surface area (Å²) in [5, 5.41) is 9.30. The minimum absolute atomic E-state index is 0.0148. The van der Waals surface area contributed by atoms with E-state index in [0.717, 1.165) is 5.56 Å². The molecule has 0 fully saturated rings. The molecule has 7 nitrogen and oxygen atoms in total. The van der Waals surface area contributed by atoms with Gasteiger partial charge in [-0.2, -0.15) is 5.26 Å². The molecular formula is C20H19N5O2. The molecule has 0 saturated carbocycles. The molecule has 0 aliphatic carbocycles. The molecule has 3 aromatic rings. The van der Waals surface area contributed by atoms with Gasteiger partial charge in [0.15, 0.2) is 11.5 Å².